The third kappa shape index (κ3) is 4.20. The Morgan fingerprint density at radius 1 is 0.944 bits per heavy atom. The molecule has 0 saturated carbocycles. The van der Waals surface area contributed by atoms with E-state index in [0.29, 0.717) is 11.1 Å². The molecule has 0 aliphatic rings. The Labute approximate surface area is 108 Å². The molecule has 0 bridgehead atoms. The molecule has 0 atom stereocenters. The van der Waals surface area contributed by atoms with Gasteiger partial charge in [-0.25, -0.2) is 0 Å². The van der Waals surface area contributed by atoms with E-state index in [9.17, 15) is 9.59 Å². The average Bonchev–Trinajstić information content (AvgIpc) is 2.27. The summed E-state index contributed by atoms with van der Waals surface area (Å²) < 4.78 is 0. The van der Waals surface area contributed by atoms with Gasteiger partial charge in [0, 0.05) is 23.2 Å². The summed E-state index contributed by atoms with van der Waals surface area (Å²) in [4.78, 5) is 23.6. The fourth-order valence-corrected chi connectivity index (χ4v) is 1.43. The summed E-state index contributed by atoms with van der Waals surface area (Å²) in [6.45, 7) is 7.54. The molecule has 1 aromatic carbocycles. The minimum absolute atomic E-state index is 0.0608. The van der Waals surface area contributed by atoms with Crippen LogP contribution in [0.5, 0.6) is 0 Å². The Hall–Kier alpha value is -1.84. The maximum absolute atomic E-state index is 11.8. The van der Waals surface area contributed by atoms with Crippen molar-refractivity contribution in [3.8, 4) is 0 Å². The zero-order valence-corrected chi connectivity index (χ0v) is 11.2. The maximum Gasteiger partial charge on any atom is 0.251 e. The van der Waals surface area contributed by atoms with Crippen molar-refractivity contribution in [3.05, 3.63) is 35.4 Å². The topological polar surface area (TPSA) is 58.2 Å². The molecule has 0 fully saturated rings. The lowest BCUT2D eigenvalue weighted by Crippen LogP contribution is -2.32. The Morgan fingerprint density at radius 3 is 1.67 bits per heavy atom. The SMILES string of the molecule is CC(C)NC(=O)c1c[c]cc(C(=O)NC(C)C)c1. The fraction of sp³-hybridized carbons (Fsp3) is 0.429. The number of hydrogen-bond acceptors (Lipinski definition) is 2. The fourth-order valence-electron chi connectivity index (χ4n) is 1.43. The first-order valence-electron chi connectivity index (χ1n) is 6.03. The van der Waals surface area contributed by atoms with Gasteiger partial charge in [-0.05, 0) is 52.0 Å². The van der Waals surface area contributed by atoms with Crippen molar-refractivity contribution in [1.29, 1.82) is 0 Å². The summed E-state index contributed by atoms with van der Waals surface area (Å²) in [5.41, 5.74) is 0.889. The first kappa shape index (κ1) is 14.2. The summed E-state index contributed by atoms with van der Waals surface area (Å²) in [5.74, 6) is -0.388. The predicted octanol–water partition coefficient (Wildman–Crippen LogP) is 1.76. The maximum atomic E-state index is 11.8. The monoisotopic (exact) mass is 247 g/mol. The van der Waals surface area contributed by atoms with Gasteiger partial charge in [-0.1, -0.05) is 0 Å². The van der Waals surface area contributed by atoms with E-state index in [4.69, 9.17) is 0 Å². The molecule has 1 rings (SSSR count). The highest BCUT2D eigenvalue weighted by molar-refractivity contribution is 5.99. The molecule has 0 aromatic heterocycles. The number of amides is 2. The zero-order valence-electron chi connectivity index (χ0n) is 11.2. The highest BCUT2D eigenvalue weighted by atomic mass is 16.2. The van der Waals surface area contributed by atoms with E-state index in [2.05, 4.69) is 16.7 Å². The summed E-state index contributed by atoms with van der Waals surface area (Å²) in [6.07, 6.45) is 0. The van der Waals surface area contributed by atoms with Crippen LogP contribution in [-0.4, -0.2) is 23.9 Å². The van der Waals surface area contributed by atoms with Gasteiger partial charge in [-0.15, -0.1) is 0 Å². The second-order valence-corrected chi connectivity index (χ2v) is 4.77. The molecule has 0 heterocycles. The molecule has 0 spiro atoms. The normalized spacial score (nSPS) is 10.6. The van der Waals surface area contributed by atoms with Crippen LogP contribution in [0.25, 0.3) is 0 Å². The molecule has 4 heteroatoms. The Balaban J connectivity index is 2.85. The number of nitrogens with one attached hydrogen (secondary N) is 2. The van der Waals surface area contributed by atoms with Crippen LogP contribution in [0.3, 0.4) is 0 Å². The molecule has 0 aliphatic heterocycles. The van der Waals surface area contributed by atoms with E-state index < -0.39 is 0 Å². The van der Waals surface area contributed by atoms with E-state index >= 15 is 0 Å². The van der Waals surface area contributed by atoms with Crippen LogP contribution in [0.2, 0.25) is 0 Å². The van der Waals surface area contributed by atoms with Crippen molar-refractivity contribution in [3.63, 3.8) is 0 Å². The lowest BCUT2D eigenvalue weighted by atomic mass is 10.1. The van der Waals surface area contributed by atoms with Crippen LogP contribution >= 0.6 is 0 Å². The van der Waals surface area contributed by atoms with Crippen LogP contribution in [0.4, 0.5) is 0 Å². The molecule has 0 aliphatic carbocycles. The van der Waals surface area contributed by atoms with E-state index in [-0.39, 0.29) is 23.9 Å². The summed E-state index contributed by atoms with van der Waals surface area (Å²) in [6, 6.07) is 7.66. The highest BCUT2D eigenvalue weighted by Gasteiger charge is 2.11. The van der Waals surface area contributed by atoms with Gasteiger partial charge in [0.15, 0.2) is 0 Å². The first-order valence-corrected chi connectivity index (χ1v) is 6.03. The van der Waals surface area contributed by atoms with Gasteiger partial charge in [0.25, 0.3) is 11.8 Å². The minimum Gasteiger partial charge on any atom is -0.350 e. The molecule has 4 nitrogen and oxygen atoms in total. The zero-order chi connectivity index (χ0) is 13.7. The molecule has 0 saturated heterocycles. The second-order valence-electron chi connectivity index (χ2n) is 4.77. The quantitative estimate of drug-likeness (QED) is 0.851. The number of hydrogen-bond donors (Lipinski definition) is 2. The van der Waals surface area contributed by atoms with E-state index in [1.54, 1.807) is 18.2 Å². The van der Waals surface area contributed by atoms with Gasteiger partial charge < -0.3 is 10.6 Å². The van der Waals surface area contributed by atoms with Gasteiger partial charge >= 0.3 is 0 Å². The third-order valence-electron chi connectivity index (χ3n) is 2.15. The van der Waals surface area contributed by atoms with Gasteiger partial charge in [0.05, 0.1) is 0 Å². The second kappa shape index (κ2) is 6.19. The Bertz CT molecular complexity index is 402. The van der Waals surface area contributed by atoms with Crippen LogP contribution < -0.4 is 10.6 Å². The van der Waals surface area contributed by atoms with Crippen molar-refractivity contribution in [2.75, 3.05) is 0 Å². The van der Waals surface area contributed by atoms with Crippen LogP contribution in [0.15, 0.2) is 18.2 Å². The van der Waals surface area contributed by atoms with Gasteiger partial charge in [0.1, 0.15) is 0 Å². The van der Waals surface area contributed by atoms with Crippen molar-refractivity contribution >= 4 is 11.8 Å². The van der Waals surface area contributed by atoms with Gasteiger partial charge in [-0.2, -0.15) is 0 Å². The number of carbonyl (C=O) groups is 2. The molecule has 2 N–H and O–H groups in total. The molecular formula is C14H19N2O2. The predicted molar refractivity (Wildman–Crippen MR) is 70.5 cm³/mol. The molecule has 18 heavy (non-hydrogen) atoms. The Morgan fingerprint density at radius 2 is 1.33 bits per heavy atom. The smallest absolute Gasteiger partial charge is 0.251 e. The van der Waals surface area contributed by atoms with E-state index in [1.807, 2.05) is 27.7 Å². The average molecular weight is 247 g/mol. The lowest BCUT2D eigenvalue weighted by Gasteiger charge is -2.10. The largest absolute Gasteiger partial charge is 0.350 e. The summed E-state index contributed by atoms with van der Waals surface area (Å²) in [7, 11) is 0. The van der Waals surface area contributed by atoms with Crippen molar-refractivity contribution in [2.45, 2.75) is 39.8 Å². The Kier molecular flexibility index (Phi) is 4.89. The highest BCUT2D eigenvalue weighted by Crippen LogP contribution is 2.05. The van der Waals surface area contributed by atoms with E-state index in [0.717, 1.165) is 0 Å². The number of benzene rings is 1. The van der Waals surface area contributed by atoms with Crippen LogP contribution in [0, 0.1) is 6.07 Å². The van der Waals surface area contributed by atoms with Crippen molar-refractivity contribution < 1.29 is 9.59 Å². The number of rotatable bonds is 4. The van der Waals surface area contributed by atoms with Gasteiger partial charge in [0.2, 0.25) is 0 Å². The molecule has 1 aromatic rings. The lowest BCUT2D eigenvalue weighted by molar-refractivity contribution is 0.0942. The van der Waals surface area contributed by atoms with E-state index in [1.165, 1.54) is 0 Å². The molecular weight excluding hydrogens is 228 g/mol. The number of carbonyl (C=O) groups excluding carboxylic acids is 2. The van der Waals surface area contributed by atoms with Crippen LogP contribution in [0.1, 0.15) is 48.4 Å². The van der Waals surface area contributed by atoms with Crippen LogP contribution in [-0.2, 0) is 0 Å². The minimum atomic E-state index is -0.194. The first-order chi connectivity index (χ1) is 8.40. The molecule has 97 valence electrons. The summed E-state index contributed by atoms with van der Waals surface area (Å²) in [5, 5.41) is 5.55. The van der Waals surface area contributed by atoms with Gasteiger partial charge in [-0.3, -0.25) is 9.59 Å². The van der Waals surface area contributed by atoms with Crippen molar-refractivity contribution in [1.82, 2.24) is 10.6 Å². The molecule has 0 unspecified atom stereocenters. The third-order valence-corrected chi connectivity index (χ3v) is 2.15. The standard InChI is InChI=1S/C14H19N2O2/c1-9(2)15-13(17)11-6-5-7-12(8-11)14(18)16-10(3)4/h6-10H,1-4H3,(H,15,17)(H,16,18). The molecule has 2 amide bonds. The molecule has 1 radical (unpaired) electrons. The van der Waals surface area contributed by atoms with Crippen molar-refractivity contribution in [2.24, 2.45) is 0 Å². The summed E-state index contributed by atoms with van der Waals surface area (Å²) >= 11 is 0.